The van der Waals surface area contributed by atoms with Crippen LogP contribution in [0.15, 0.2) is 60.8 Å². The predicted molar refractivity (Wildman–Crippen MR) is 107 cm³/mol. The van der Waals surface area contributed by atoms with E-state index >= 15 is 0 Å². The second kappa shape index (κ2) is 8.05. The van der Waals surface area contributed by atoms with Crippen LogP contribution in [0.5, 0.6) is 0 Å². The Bertz CT molecular complexity index is 870. The maximum absolute atomic E-state index is 13.2. The van der Waals surface area contributed by atoms with Gasteiger partial charge in [0.1, 0.15) is 5.82 Å². The molecule has 0 saturated carbocycles. The third kappa shape index (κ3) is 3.96. The van der Waals surface area contributed by atoms with E-state index in [1.807, 2.05) is 10.9 Å². The highest BCUT2D eigenvalue weighted by molar-refractivity contribution is 5.37. The molecule has 27 heavy (non-hydrogen) atoms. The van der Waals surface area contributed by atoms with E-state index in [9.17, 15) is 4.39 Å². The van der Waals surface area contributed by atoms with E-state index < -0.39 is 0 Å². The van der Waals surface area contributed by atoms with Crippen LogP contribution in [0.4, 0.5) is 4.39 Å². The molecule has 4 rings (SSSR count). The van der Waals surface area contributed by atoms with Gasteiger partial charge in [-0.05, 0) is 73.0 Å². The largest absolute Gasteiger partial charge is 0.312 e. The van der Waals surface area contributed by atoms with Crippen molar-refractivity contribution in [2.24, 2.45) is 5.92 Å². The van der Waals surface area contributed by atoms with Crippen LogP contribution in [-0.4, -0.2) is 16.3 Å². The molecule has 3 nitrogen and oxygen atoms in total. The lowest BCUT2D eigenvalue weighted by atomic mass is 9.79. The lowest BCUT2D eigenvalue weighted by Crippen LogP contribution is -2.27. The van der Waals surface area contributed by atoms with E-state index in [0.29, 0.717) is 11.8 Å². The van der Waals surface area contributed by atoms with Crippen LogP contribution in [-0.2, 0) is 13.0 Å². The molecule has 1 aliphatic rings. The van der Waals surface area contributed by atoms with Crippen molar-refractivity contribution in [1.82, 2.24) is 15.1 Å². The molecule has 2 unspecified atom stereocenters. The second-order valence-corrected chi connectivity index (χ2v) is 7.53. The molecule has 1 aliphatic carbocycles. The molecule has 1 heterocycles. The third-order valence-electron chi connectivity index (χ3n) is 5.63. The number of fused-ring (bicyclic) bond motifs is 1. The third-order valence-corrected chi connectivity index (χ3v) is 5.63. The van der Waals surface area contributed by atoms with Gasteiger partial charge in [-0.1, -0.05) is 37.3 Å². The first-order chi connectivity index (χ1) is 13.2. The summed E-state index contributed by atoms with van der Waals surface area (Å²) in [6.07, 6.45) is 5.44. The number of aromatic nitrogens is 2. The maximum atomic E-state index is 13.2. The van der Waals surface area contributed by atoms with E-state index in [4.69, 9.17) is 0 Å². The second-order valence-electron chi connectivity index (χ2n) is 7.53. The summed E-state index contributed by atoms with van der Waals surface area (Å²) in [7, 11) is 0. The fourth-order valence-corrected chi connectivity index (χ4v) is 4.17. The van der Waals surface area contributed by atoms with Gasteiger partial charge in [-0.15, -0.1) is 0 Å². The van der Waals surface area contributed by atoms with Crippen LogP contribution in [0.1, 0.15) is 42.5 Å². The van der Waals surface area contributed by atoms with E-state index in [0.717, 1.165) is 25.2 Å². The number of nitrogens with one attached hydrogen (secondary N) is 1. The van der Waals surface area contributed by atoms with Crippen LogP contribution < -0.4 is 5.32 Å². The van der Waals surface area contributed by atoms with Gasteiger partial charge in [-0.2, -0.15) is 5.10 Å². The zero-order valence-corrected chi connectivity index (χ0v) is 15.7. The Balaban J connectivity index is 1.46. The smallest absolute Gasteiger partial charge is 0.123 e. The first-order valence-electron chi connectivity index (χ1n) is 9.80. The van der Waals surface area contributed by atoms with E-state index in [1.54, 1.807) is 12.1 Å². The molecule has 0 amide bonds. The molecule has 0 fully saturated rings. The average Bonchev–Trinajstić information content (AvgIpc) is 3.13. The summed E-state index contributed by atoms with van der Waals surface area (Å²) >= 11 is 0. The van der Waals surface area contributed by atoms with Crippen molar-refractivity contribution in [1.29, 1.82) is 0 Å². The molecule has 140 valence electrons. The van der Waals surface area contributed by atoms with Crippen molar-refractivity contribution in [2.45, 2.75) is 38.6 Å². The van der Waals surface area contributed by atoms with Crippen molar-refractivity contribution < 1.29 is 4.39 Å². The Morgan fingerprint density at radius 1 is 1.15 bits per heavy atom. The Kier molecular flexibility index (Phi) is 5.35. The standard InChI is InChI=1S/C23H26FN3/c1-17(14-25-15-18-6-3-2-4-7-18)21-8-5-9-23-22(21)16-26-27(23)20-12-10-19(24)11-13-20/h2-4,6-7,10-13,16-17,21,25H,5,8-9,14-15H2,1H3. The Morgan fingerprint density at radius 3 is 2.70 bits per heavy atom. The highest BCUT2D eigenvalue weighted by Gasteiger charge is 2.28. The molecule has 3 aromatic rings. The van der Waals surface area contributed by atoms with Gasteiger partial charge in [-0.25, -0.2) is 9.07 Å². The Labute approximate surface area is 160 Å². The fourth-order valence-electron chi connectivity index (χ4n) is 4.17. The molecular formula is C23H26FN3. The van der Waals surface area contributed by atoms with E-state index in [2.05, 4.69) is 47.7 Å². The van der Waals surface area contributed by atoms with Gasteiger partial charge in [-0.3, -0.25) is 0 Å². The quantitative estimate of drug-likeness (QED) is 0.678. The van der Waals surface area contributed by atoms with E-state index in [-0.39, 0.29) is 5.82 Å². The molecule has 0 saturated heterocycles. The van der Waals surface area contributed by atoms with Gasteiger partial charge in [0.25, 0.3) is 0 Å². The van der Waals surface area contributed by atoms with Crippen LogP contribution in [0, 0.1) is 11.7 Å². The molecule has 0 bridgehead atoms. The molecule has 2 aromatic carbocycles. The van der Waals surface area contributed by atoms with Crippen LogP contribution in [0.2, 0.25) is 0 Å². The molecule has 2 atom stereocenters. The van der Waals surface area contributed by atoms with Gasteiger partial charge in [0.15, 0.2) is 0 Å². The summed E-state index contributed by atoms with van der Waals surface area (Å²) in [5, 5.41) is 8.24. The van der Waals surface area contributed by atoms with Crippen molar-refractivity contribution in [3.63, 3.8) is 0 Å². The summed E-state index contributed by atoms with van der Waals surface area (Å²) in [5.74, 6) is 0.848. The molecule has 1 N–H and O–H groups in total. The molecule has 0 radical (unpaired) electrons. The van der Waals surface area contributed by atoms with Gasteiger partial charge >= 0.3 is 0 Å². The van der Waals surface area contributed by atoms with Crippen molar-refractivity contribution in [3.05, 3.63) is 83.4 Å². The van der Waals surface area contributed by atoms with E-state index in [1.165, 1.54) is 41.8 Å². The lowest BCUT2D eigenvalue weighted by molar-refractivity contribution is 0.383. The zero-order chi connectivity index (χ0) is 18.6. The monoisotopic (exact) mass is 363 g/mol. The highest BCUT2D eigenvalue weighted by atomic mass is 19.1. The Hall–Kier alpha value is -2.46. The number of hydrogen-bond donors (Lipinski definition) is 1. The number of rotatable bonds is 6. The summed E-state index contributed by atoms with van der Waals surface area (Å²) in [5.41, 5.74) is 4.90. The first kappa shape index (κ1) is 17.9. The minimum absolute atomic E-state index is 0.212. The number of halogens is 1. The lowest BCUT2D eigenvalue weighted by Gasteiger charge is -2.28. The average molecular weight is 363 g/mol. The number of nitrogens with zero attached hydrogens (tertiary/aromatic N) is 2. The molecule has 0 aliphatic heterocycles. The normalized spacial score (nSPS) is 17.5. The van der Waals surface area contributed by atoms with Gasteiger partial charge in [0.05, 0.1) is 11.9 Å². The minimum Gasteiger partial charge on any atom is -0.312 e. The highest BCUT2D eigenvalue weighted by Crippen LogP contribution is 2.37. The van der Waals surface area contributed by atoms with Crippen LogP contribution in [0.25, 0.3) is 5.69 Å². The zero-order valence-electron chi connectivity index (χ0n) is 15.7. The predicted octanol–water partition coefficient (Wildman–Crippen LogP) is 4.86. The van der Waals surface area contributed by atoms with Gasteiger partial charge in [0, 0.05) is 12.2 Å². The number of benzene rings is 2. The topological polar surface area (TPSA) is 29.9 Å². The van der Waals surface area contributed by atoms with Crippen LogP contribution in [0.3, 0.4) is 0 Å². The SMILES string of the molecule is CC(CNCc1ccccc1)C1CCCc2c1cnn2-c1ccc(F)cc1. The van der Waals surface area contributed by atoms with Crippen molar-refractivity contribution >= 4 is 0 Å². The molecule has 0 spiro atoms. The van der Waals surface area contributed by atoms with Crippen molar-refractivity contribution in [3.8, 4) is 5.69 Å². The molecular weight excluding hydrogens is 337 g/mol. The van der Waals surface area contributed by atoms with Gasteiger partial charge < -0.3 is 5.32 Å². The summed E-state index contributed by atoms with van der Waals surface area (Å²) in [6.45, 7) is 4.22. The Morgan fingerprint density at radius 2 is 1.93 bits per heavy atom. The van der Waals surface area contributed by atoms with Gasteiger partial charge in [0.2, 0.25) is 0 Å². The number of hydrogen-bond acceptors (Lipinski definition) is 2. The summed E-state index contributed by atoms with van der Waals surface area (Å²) in [4.78, 5) is 0. The minimum atomic E-state index is -0.212. The summed E-state index contributed by atoms with van der Waals surface area (Å²) in [6, 6.07) is 17.1. The van der Waals surface area contributed by atoms with Crippen LogP contribution >= 0.6 is 0 Å². The molecule has 1 aromatic heterocycles. The molecule has 4 heteroatoms. The summed E-state index contributed by atoms with van der Waals surface area (Å²) < 4.78 is 15.2. The maximum Gasteiger partial charge on any atom is 0.123 e. The first-order valence-corrected chi connectivity index (χ1v) is 9.80. The van der Waals surface area contributed by atoms with Crippen molar-refractivity contribution in [2.75, 3.05) is 6.54 Å². The fraction of sp³-hybridized carbons (Fsp3) is 0.348.